The summed E-state index contributed by atoms with van der Waals surface area (Å²) in [5, 5.41) is 10.9. The molecule has 20 nitrogen and oxygen atoms in total. The molecule has 2 amide bonds. The molecular formula is C77H80Br2N12O8. The molecule has 6 aromatic heterocycles. The number of hydrogen-bond donors (Lipinski definition) is 0. The van der Waals surface area contributed by atoms with Crippen LogP contribution in [0, 0.1) is 38.5 Å². The lowest BCUT2D eigenvalue weighted by Gasteiger charge is -2.27. The van der Waals surface area contributed by atoms with Gasteiger partial charge in [-0.15, -0.1) is 0 Å². The fourth-order valence-electron chi connectivity index (χ4n) is 15.7. The summed E-state index contributed by atoms with van der Waals surface area (Å²) in [4.78, 5) is 139. The predicted molar refractivity (Wildman–Crippen MR) is 380 cm³/mol. The number of carbonyl (C=O) groups excluding carboxylic acids is 8. The summed E-state index contributed by atoms with van der Waals surface area (Å²) in [6.45, 7) is 10.3. The number of carbonyl (C=O) groups is 8. The molecule has 8 aromatic rings. The Morgan fingerprint density at radius 1 is 0.505 bits per heavy atom. The molecule has 510 valence electrons. The topological polar surface area (TPSA) is 256 Å². The lowest BCUT2D eigenvalue weighted by molar-refractivity contribution is -0.139. The molecule has 2 saturated heterocycles. The van der Waals surface area contributed by atoms with Crippen molar-refractivity contribution in [2.75, 3.05) is 0 Å². The highest BCUT2D eigenvalue weighted by Crippen LogP contribution is 2.64. The number of Topliss-reactive ketones (excluding diaryl/α,β-unsaturated/α-hetero) is 6. The number of halogens is 2. The maximum atomic E-state index is 14.5. The van der Waals surface area contributed by atoms with Crippen LogP contribution in [0.4, 0.5) is 0 Å². The van der Waals surface area contributed by atoms with Crippen molar-refractivity contribution >= 4 is 100 Å². The van der Waals surface area contributed by atoms with Crippen molar-refractivity contribution in [1.29, 1.82) is 0 Å². The van der Waals surface area contributed by atoms with Crippen LogP contribution in [0.25, 0.3) is 44.1 Å². The van der Waals surface area contributed by atoms with Crippen molar-refractivity contribution in [2.24, 2.45) is 10.8 Å². The molecular weight excluding hydrogens is 1380 g/mol. The first-order chi connectivity index (χ1) is 47.5. The zero-order chi connectivity index (χ0) is 69.6. The van der Waals surface area contributed by atoms with E-state index >= 15 is 0 Å². The Balaban J connectivity index is 0.000000178. The largest absolute Gasteiger partial charge is 0.327 e. The van der Waals surface area contributed by atoms with Crippen LogP contribution in [0.3, 0.4) is 0 Å². The maximum Gasteiger partial charge on any atom is 0.245 e. The van der Waals surface area contributed by atoms with Gasteiger partial charge in [-0.1, -0.05) is 36.4 Å². The van der Waals surface area contributed by atoms with Crippen LogP contribution in [0.1, 0.15) is 176 Å². The smallest absolute Gasteiger partial charge is 0.245 e. The fraction of sp³-hybridized carbons (Fsp3) is 0.429. The monoisotopic (exact) mass is 1460 g/mol. The van der Waals surface area contributed by atoms with Crippen molar-refractivity contribution in [3.63, 3.8) is 0 Å². The number of benzene rings is 2. The lowest BCUT2D eigenvalue weighted by atomic mass is 9.90. The van der Waals surface area contributed by atoms with E-state index in [0.29, 0.717) is 119 Å². The number of allylic oxidation sites excluding steroid dienone is 4. The van der Waals surface area contributed by atoms with Gasteiger partial charge in [0, 0.05) is 98.3 Å². The lowest BCUT2D eigenvalue weighted by Crippen LogP contribution is -2.45. The second-order valence-corrected chi connectivity index (χ2v) is 29.7. The third-order valence-corrected chi connectivity index (χ3v) is 22.1. The molecule has 4 aliphatic heterocycles. The minimum atomic E-state index is -0.621. The summed E-state index contributed by atoms with van der Waals surface area (Å²) in [6, 6.07) is 14.1. The van der Waals surface area contributed by atoms with E-state index in [9.17, 15) is 38.4 Å². The Kier molecular flexibility index (Phi) is 19.8. The van der Waals surface area contributed by atoms with E-state index in [-0.39, 0.29) is 95.4 Å². The van der Waals surface area contributed by atoms with E-state index in [1.54, 1.807) is 44.0 Å². The van der Waals surface area contributed by atoms with Crippen LogP contribution in [0.5, 0.6) is 0 Å². The number of pyridine rings is 2. The molecule has 0 N–H and O–H groups in total. The van der Waals surface area contributed by atoms with E-state index in [2.05, 4.69) is 92.1 Å². The molecule has 6 atom stereocenters. The third kappa shape index (κ3) is 14.5. The van der Waals surface area contributed by atoms with E-state index in [0.717, 1.165) is 100 Å². The molecule has 6 aliphatic rings. The van der Waals surface area contributed by atoms with Gasteiger partial charge in [-0.25, -0.2) is 29.9 Å². The normalized spacial score (nSPS) is 22.7. The molecule has 2 aliphatic carbocycles. The third-order valence-electron chi connectivity index (χ3n) is 21.2. The van der Waals surface area contributed by atoms with Gasteiger partial charge in [0.1, 0.15) is 56.9 Å². The number of nitrogens with zero attached hydrogens (tertiary/aromatic N) is 12. The molecule has 99 heavy (non-hydrogen) atoms. The van der Waals surface area contributed by atoms with Gasteiger partial charge in [-0.2, -0.15) is 10.2 Å². The minimum absolute atomic E-state index is 0.0534. The highest BCUT2D eigenvalue weighted by atomic mass is 79.9. The van der Waals surface area contributed by atoms with Gasteiger partial charge in [-0.3, -0.25) is 47.7 Å². The van der Waals surface area contributed by atoms with E-state index in [1.807, 2.05) is 70.2 Å². The van der Waals surface area contributed by atoms with Crippen LogP contribution in [0.15, 0.2) is 107 Å². The summed E-state index contributed by atoms with van der Waals surface area (Å²) in [6.07, 6.45) is 26.7. The standard InChI is InChI=1S/C39H41BrN6O4.C38H39BrN6O4/c1-23-11-12-35(40)43-31(23)17-33(49)32-18-39-14-13-29(48)10-8-6-4-5-7-9-26-15-27(28-20-41-25(3)42-21-28)16-30-37(24(2)47)44-45(38(26)30)22-36(50)46(32)34(39)19-39;1-22-10-11-34(39)42-30(22)16-32(48)31-17-38-13-12-28(47)9-7-5-4-6-8-25-14-26(27-19-40-24(3)41-20-27)15-29-36(23(2)46)43-44(37(25)29)21-35(49)45(31)33(38)18-38/h4-5,11-12,15-16,20-21,32,34H,6-10,13-14,17-19,22H2,1-3H3;4,6,10-11,14-15,19-20,31,33H,5,7-9,12-13,16-18,21H2,1-3H3/t32-,34+,39-;31-,33+,38-/m00/s1. The maximum absolute atomic E-state index is 14.5. The highest BCUT2D eigenvalue weighted by Gasteiger charge is 2.67. The summed E-state index contributed by atoms with van der Waals surface area (Å²) in [5.74, 6) is 0.863. The average molecular weight is 1460 g/mol. The van der Waals surface area contributed by atoms with Crippen LogP contribution < -0.4 is 0 Å². The van der Waals surface area contributed by atoms with Gasteiger partial charge in [0.25, 0.3) is 0 Å². The van der Waals surface area contributed by atoms with Crippen molar-refractivity contribution in [1.82, 2.24) is 59.3 Å². The zero-order valence-electron chi connectivity index (χ0n) is 56.8. The van der Waals surface area contributed by atoms with Crippen LogP contribution in [0.2, 0.25) is 0 Å². The van der Waals surface area contributed by atoms with Crippen LogP contribution in [-0.4, -0.2) is 130 Å². The SMILES string of the molecule is CC(=O)c1nn2c3c(cc(-c4cnc(C)nc4)cc13)CC=CCCCC(=O)CC[C@@]13C[C@@H](C(=O)Cc4nc(Br)ccc4C)N(C(=O)C2)[C@@H]1C3.CC(=O)c1nn2c3c(cc(-c4cnc(C)nc4)cc13)CCC=CCCCC(=O)CC[C@@]13C[C@@H](C(=O)Cc4nc(Br)ccc4C)N(C(=O)C2)[C@@H]1C3. The van der Waals surface area contributed by atoms with Crippen molar-refractivity contribution in [3.8, 4) is 22.3 Å². The predicted octanol–water partition coefficient (Wildman–Crippen LogP) is 12.9. The van der Waals surface area contributed by atoms with Gasteiger partial charge in [-0.05, 0) is 224 Å². The van der Waals surface area contributed by atoms with Crippen molar-refractivity contribution in [2.45, 2.75) is 201 Å². The van der Waals surface area contributed by atoms with Gasteiger partial charge in [0.2, 0.25) is 11.8 Å². The molecule has 4 bridgehead atoms. The molecule has 22 heteroatoms. The van der Waals surface area contributed by atoms with Crippen molar-refractivity contribution in [3.05, 3.63) is 164 Å². The van der Waals surface area contributed by atoms with Crippen molar-refractivity contribution < 1.29 is 38.4 Å². The Morgan fingerprint density at radius 3 is 1.38 bits per heavy atom. The van der Waals surface area contributed by atoms with Crippen LogP contribution in [-0.2, 0) is 67.5 Å². The zero-order valence-corrected chi connectivity index (χ0v) is 60.0. The first kappa shape index (κ1) is 68.8. The highest BCUT2D eigenvalue weighted by molar-refractivity contribution is 9.10. The summed E-state index contributed by atoms with van der Waals surface area (Å²) in [7, 11) is 0. The number of rotatable bonds is 10. The van der Waals surface area contributed by atoms with Crippen LogP contribution >= 0.6 is 31.9 Å². The number of ketones is 6. The van der Waals surface area contributed by atoms with E-state index < -0.39 is 12.1 Å². The minimum Gasteiger partial charge on any atom is -0.327 e. The average Bonchev–Trinajstić information content (AvgIpc) is 1.54. The Hall–Kier alpha value is -8.76. The molecule has 10 heterocycles. The molecule has 0 radical (unpaired) electrons. The summed E-state index contributed by atoms with van der Waals surface area (Å²) < 4.78 is 4.63. The number of amides is 2. The summed E-state index contributed by atoms with van der Waals surface area (Å²) in [5.41, 5.74) is 9.99. The van der Waals surface area contributed by atoms with E-state index in [1.165, 1.54) is 13.8 Å². The Morgan fingerprint density at radius 2 is 0.929 bits per heavy atom. The second-order valence-electron chi connectivity index (χ2n) is 28.1. The molecule has 2 aromatic carbocycles. The number of hydrogen-bond acceptors (Lipinski definition) is 16. The van der Waals surface area contributed by atoms with Gasteiger partial charge < -0.3 is 9.80 Å². The van der Waals surface area contributed by atoms with E-state index in [4.69, 9.17) is 10.2 Å². The molecule has 4 fully saturated rings. The first-order valence-corrected chi connectivity index (χ1v) is 36.1. The Bertz CT molecular complexity index is 4670. The first-order valence-electron chi connectivity index (χ1n) is 34.5. The molecule has 14 rings (SSSR count). The Labute approximate surface area is 591 Å². The summed E-state index contributed by atoms with van der Waals surface area (Å²) >= 11 is 6.85. The van der Waals surface area contributed by atoms with Gasteiger partial charge >= 0.3 is 0 Å². The number of aromatic nitrogens is 10. The fourth-order valence-corrected chi connectivity index (χ4v) is 16.4. The number of piperidine rings is 2. The van der Waals surface area contributed by atoms with Gasteiger partial charge in [0.15, 0.2) is 23.1 Å². The molecule has 2 saturated carbocycles. The second kappa shape index (κ2) is 28.5. The molecule has 0 spiro atoms. The molecule has 0 unspecified atom stereocenters. The van der Waals surface area contributed by atoms with Gasteiger partial charge in [0.05, 0.1) is 47.3 Å². The quantitative estimate of drug-likeness (QED) is 0.0700. The number of aryl methyl sites for hydroxylation is 5.